The first-order valence-electron chi connectivity index (χ1n) is 4.85. The number of hydrogen-bond donors (Lipinski definition) is 0. The van der Waals surface area contributed by atoms with Crippen molar-refractivity contribution in [2.45, 2.75) is 0 Å². The maximum Gasteiger partial charge on any atom is 0.339 e. The van der Waals surface area contributed by atoms with Crippen LogP contribution < -0.4 is 0 Å². The molecule has 2 aromatic rings. The first kappa shape index (κ1) is 11.5. The van der Waals surface area contributed by atoms with E-state index in [0.29, 0.717) is 10.6 Å². The van der Waals surface area contributed by atoms with Crippen molar-refractivity contribution in [3.05, 3.63) is 47.5 Å². The molecule has 0 bridgehead atoms. The second-order valence-corrected chi connectivity index (χ2v) is 3.72. The minimum atomic E-state index is -0.453. The summed E-state index contributed by atoms with van der Waals surface area (Å²) in [4.78, 5) is 19.2. The van der Waals surface area contributed by atoms with Crippen LogP contribution in [0.3, 0.4) is 0 Å². The molecule has 0 saturated carbocycles. The average Bonchev–Trinajstić information content (AvgIpc) is 2.39. The van der Waals surface area contributed by atoms with Crippen molar-refractivity contribution >= 4 is 17.6 Å². The molecule has 86 valence electrons. The lowest BCUT2D eigenvalue weighted by molar-refractivity contribution is 0.0601. The number of methoxy groups -OCH3 is 1. The fourth-order valence-electron chi connectivity index (χ4n) is 1.42. The van der Waals surface area contributed by atoms with Gasteiger partial charge in [-0.15, -0.1) is 0 Å². The molecular formula is C12H9ClN2O2. The molecule has 1 aromatic heterocycles. The number of esters is 1. The van der Waals surface area contributed by atoms with Crippen LogP contribution in [0.15, 0.2) is 36.9 Å². The number of aromatic nitrogens is 2. The molecule has 0 aliphatic carbocycles. The second-order valence-electron chi connectivity index (χ2n) is 3.31. The molecule has 0 spiro atoms. The minimum Gasteiger partial charge on any atom is -0.465 e. The highest BCUT2D eigenvalue weighted by atomic mass is 35.5. The lowest BCUT2D eigenvalue weighted by Gasteiger charge is -2.05. The van der Waals surface area contributed by atoms with E-state index in [1.807, 2.05) is 0 Å². The SMILES string of the molecule is COC(=O)c1ccc(-c2cncnc2)cc1Cl. The van der Waals surface area contributed by atoms with Gasteiger partial charge in [-0.25, -0.2) is 14.8 Å². The summed E-state index contributed by atoms with van der Waals surface area (Å²) in [5.74, 6) is -0.453. The van der Waals surface area contributed by atoms with Crippen molar-refractivity contribution in [1.82, 2.24) is 9.97 Å². The van der Waals surface area contributed by atoms with Crippen LogP contribution in [0.2, 0.25) is 5.02 Å². The zero-order valence-electron chi connectivity index (χ0n) is 9.05. The molecule has 0 amide bonds. The van der Waals surface area contributed by atoms with Crippen molar-refractivity contribution in [2.75, 3.05) is 7.11 Å². The summed E-state index contributed by atoms with van der Waals surface area (Å²) < 4.78 is 4.61. The third-order valence-electron chi connectivity index (χ3n) is 2.27. The van der Waals surface area contributed by atoms with Crippen molar-refractivity contribution in [1.29, 1.82) is 0 Å². The van der Waals surface area contributed by atoms with Crippen LogP contribution in [0.4, 0.5) is 0 Å². The summed E-state index contributed by atoms with van der Waals surface area (Å²) >= 11 is 6.01. The van der Waals surface area contributed by atoms with E-state index in [1.54, 1.807) is 30.6 Å². The van der Waals surface area contributed by atoms with Gasteiger partial charge < -0.3 is 4.74 Å². The van der Waals surface area contributed by atoms with E-state index in [-0.39, 0.29) is 0 Å². The highest BCUT2D eigenvalue weighted by Crippen LogP contribution is 2.25. The second kappa shape index (κ2) is 4.93. The Morgan fingerprint density at radius 1 is 1.24 bits per heavy atom. The minimum absolute atomic E-state index is 0.342. The van der Waals surface area contributed by atoms with Crippen LogP contribution in [-0.2, 0) is 4.74 Å². The fraction of sp³-hybridized carbons (Fsp3) is 0.0833. The molecule has 0 saturated heterocycles. The summed E-state index contributed by atoms with van der Waals surface area (Å²) in [6.45, 7) is 0. The van der Waals surface area contributed by atoms with E-state index in [4.69, 9.17) is 11.6 Å². The van der Waals surface area contributed by atoms with Crippen LogP contribution in [0.25, 0.3) is 11.1 Å². The van der Waals surface area contributed by atoms with Gasteiger partial charge >= 0.3 is 5.97 Å². The van der Waals surface area contributed by atoms with Crippen LogP contribution in [0, 0.1) is 0 Å². The van der Waals surface area contributed by atoms with Crippen molar-refractivity contribution < 1.29 is 9.53 Å². The molecule has 0 N–H and O–H groups in total. The Balaban J connectivity index is 2.41. The highest BCUT2D eigenvalue weighted by molar-refractivity contribution is 6.33. The molecule has 0 aliphatic rings. The Bertz CT molecular complexity index is 543. The first-order valence-corrected chi connectivity index (χ1v) is 5.23. The number of ether oxygens (including phenoxy) is 1. The smallest absolute Gasteiger partial charge is 0.339 e. The Morgan fingerprint density at radius 2 is 1.94 bits per heavy atom. The molecule has 0 aliphatic heterocycles. The fourth-order valence-corrected chi connectivity index (χ4v) is 1.68. The Hall–Kier alpha value is -1.94. The molecule has 0 radical (unpaired) electrons. The molecule has 0 atom stereocenters. The normalized spacial score (nSPS) is 10.0. The van der Waals surface area contributed by atoms with Crippen LogP contribution in [0.1, 0.15) is 10.4 Å². The van der Waals surface area contributed by atoms with E-state index < -0.39 is 5.97 Å². The van der Waals surface area contributed by atoms with Gasteiger partial charge in [0.2, 0.25) is 0 Å². The van der Waals surface area contributed by atoms with Gasteiger partial charge in [0.05, 0.1) is 17.7 Å². The van der Waals surface area contributed by atoms with E-state index in [2.05, 4.69) is 14.7 Å². The molecule has 0 fully saturated rings. The van der Waals surface area contributed by atoms with Gasteiger partial charge in [-0.1, -0.05) is 17.7 Å². The summed E-state index contributed by atoms with van der Waals surface area (Å²) in [6.07, 6.45) is 4.81. The summed E-state index contributed by atoms with van der Waals surface area (Å²) in [5, 5.41) is 0.346. The van der Waals surface area contributed by atoms with Gasteiger partial charge in [0.25, 0.3) is 0 Å². The highest BCUT2D eigenvalue weighted by Gasteiger charge is 2.11. The molecule has 1 heterocycles. The third kappa shape index (κ3) is 2.42. The summed E-state index contributed by atoms with van der Waals surface area (Å²) in [7, 11) is 1.32. The number of carbonyl (C=O) groups excluding carboxylic acids is 1. The number of benzene rings is 1. The van der Waals surface area contributed by atoms with Gasteiger partial charge in [-0.2, -0.15) is 0 Å². The zero-order valence-corrected chi connectivity index (χ0v) is 9.81. The van der Waals surface area contributed by atoms with Gasteiger partial charge in [0.1, 0.15) is 6.33 Å². The van der Waals surface area contributed by atoms with Gasteiger partial charge in [0.15, 0.2) is 0 Å². The topological polar surface area (TPSA) is 52.1 Å². The van der Waals surface area contributed by atoms with Crippen LogP contribution >= 0.6 is 11.6 Å². The van der Waals surface area contributed by atoms with Gasteiger partial charge in [0, 0.05) is 18.0 Å². The quantitative estimate of drug-likeness (QED) is 0.767. The van der Waals surface area contributed by atoms with Crippen LogP contribution in [-0.4, -0.2) is 23.0 Å². The van der Waals surface area contributed by atoms with E-state index in [0.717, 1.165) is 11.1 Å². The largest absolute Gasteiger partial charge is 0.465 e. The number of carbonyl (C=O) groups is 1. The molecular weight excluding hydrogens is 240 g/mol. The Kier molecular flexibility index (Phi) is 3.35. The van der Waals surface area contributed by atoms with E-state index in [1.165, 1.54) is 13.4 Å². The van der Waals surface area contributed by atoms with Crippen molar-refractivity contribution in [3.8, 4) is 11.1 Å². The van der Waals surface area contributed by atoms with Crippen molar-refractivity contribution in [2.24, 2.45) is 0 Å². The maximum absolute atomic E-state index is 11.4. The summed E-state index contributed by atoms with van der Waals surface area (Å²) in [5.41, 5.74) is 2.03. The predicted octanol–water partition coefficient (Wildman–Crippen LogP) is 2.58. The van der Waals surface area contributed by atoms with Gasteiger partial charge in [-0.05, 0) is 17.7 Å². The summed E-state index contributed by atoms with van der Waals surface area (Å²) in [6, 6.07) is 5.08. The maximum atomic E-state index is 11.4. The molecule has 2 rings (SSSR count). The molecule has 0 unspecified atom stereocenters. The monoisotopic (exact) mass is 248 g/mol. The molecule has 4 nitrogen and oxygen atoms in total. The lowest BCUT2D eigenvalue weighted by atomic mass is 10.1. The predicted molar refractivity (Wildman–Crippen MR) is 63.8 cm³/mol. The van der Waals surface area contributed by atoms with Crippen LogP contribution in [0.5, 0.6) is 0 Å². The van der Waals surface area contributed by atoms with E-state index in [9.17, 15) is 4.79 Å². The lowest BCUT2D eigenvalue weighted by Crippen LogP contribution is -2.01. The number of halogens is 1. The molecule has 5 heteroatoms. The molecule has 1 aromatic carbocycles. The first-order chi connectivity index (χ1) is 8.22. The Morgan fingerprint density at radius 3 is 2.53 bits per heavy atom. The zero-order chi connectivity index (χ0) is 12.3. The number of rotatable bonds is 2. The molecule has 17 heavy (non-hydrogen) atoms. The third-order valence-corrected chi connectivity index (χ3v) is 2.58. The Labute approximate surface area is 103 Å². The number of hydrogen-bond acceptors (Lipinski definition) is 4. The van der Waals surface area contributed by atoms with Gasteiger partial charge in [-0.3, -0.25) is 0 Å². The standard InChI is InChI=1S/C12H9ClN2O2/c1-17-12(16)10-3-2-8(4-11(10)13)9-5-14-7-15-6-9/h2-7H,1H3. The average molecular weight is 249 g/mol. The van der Waals surface area contributed by atoms with Crippen molar-refractivity contribution in [3.63, 3.8) is 0 Å². The van der Waals surface area contributed by atoms with E-state index >= 15 is 0 Å². The number of nitrogens with zero attached hydrogens (tertiary/aromatic N) is 2.